The van der Waals surface area contributed by atoms with Crippen molar-refractivity contribution in [2.24, 2.45) is 0 Å². The van der Waals surface area contributed by atoms with Gasteiger partial charge in [-0.25, -0.2) is 0 Å². The summed E-state index contributed by atoms with van der Waals surface area (Å²) in [5.41, 5.74) is 1.03. The van der Waals surface area contributed by atoms with Crippen LogP contribution in [0, 0.1) is 0 Å². The molecule has 0 heterocycles. The van der Waals surface area contributed by atoms with Gasteiger partial charge in [-0.05, 0) is 31.0 Å². The number of carboxylic acid groups (broad SMARTS) is 1. The van der Waals surface area contributed by atoms with Gasteiger partial charge in [0.2, 0.25) is 0 Å². The number of rotatable bonds is 5. The summed E-state index contributed by atoms with van der Waals surface area (Å²) in [4.78, 5) is 10.9. The van der Waals surface area contributed by atoms with Gasteiger partial charge in [0.1, 0.15) is 6.04 Å². The van der Waals surface area contributed by atoms with Crippen molar-refractivity contribution in [1.82, 2.24) is 5.32 Å². The highest BCUT2D eigenvalue weighted by atomic mass is 35.5. The van der Waals surface area contributed by atoms with Gasteiger partial charge < -0.3 is 5.11 Å². The van der Waals surface area contributed by atoms with E-state index in [1.165, 1.54) is 0 Å². The molecular formula is C12H16ClNO2. The summed E-state index contributed by atoms with van der Waals surface area (Å²) in [5.74, 6) is -0.816. The van der Waals surface area contributed by atoms with Gasteiger partial charge in [-0.1, -0.05) is 30.7 Å². The lowest BCUT2D eigenvalue weighted by atomic mass is 10.1. The van der Waals surface area contributed by atoms with Crippen molar-refractivity contribution in [3.63, 3.8) is 0 Å². The number of benzene rings is 1. The van der Waals surface area contributed by atoms with Gasteiger partial charge in [-0.15, -0.1) is 0 Å². The lowest BCUT2D eigenvalue weighted by Gasteiger charge is -2.19. The molecule has 0 saturated heterocycles. The third kappa shape index (κ3) is 3.51. The van der Waals surface area contributed by atoms with Crippen LogP contribution in [-0.2, 0) is 4.79 Å². The molecule has 0 aliphatic rings. The second kappa shape index (κ2) is 5.87. The van der Waals surface area contributed by atoms with Crippen molar-refractivity contribution in [2.45, 2.75) is 32.4 Å². The second-order valence-corrected chi connectivity index (χ2v) is 4.18. The Morgan fingerprint density at radius 2 is 2.00 bits per heavy atom. The number of halogens is 1. The van der Waals surface area contributed by atoms with Gasteiger partial charge in [0.15, 0.2) is 0 Å². The fraction of sp³-hybridized carbons (Fsp3) is 0.417. The number of hydrogen-bond donors (Lipinski definition) is 2. The smallest absolute Gasteiger partial charge is 0.320 e. The Morgan fingerprint density at radius 1 is 1.44 bits per heavy atom. The molecule has 0 aliphatic heterocycles. The molecule has 1 rings (SSSR count). The normalized spacial score (nSPS) is 14.4. The Kier molecular flexibility index (Phi) is 4.77. The zero-order chi connectivity index (χ0) is 12.1. The highest BCUT2D eigenvalue weighted by Crippen LogP contribution is 2.16. The Hall–Kier alpha value is -1.06. The molecule has 16 heavy (non-hydrogen) atoms. The van der Waals surface area contributed by atoms with Crippen LogP contribution < -0.4 is 5.32 Å². The number of hydrogen-bond acceptors (Lipinski definition) is 2. The molecule has 1 aromatic carbocycles. The SMILES string of the molecule is CCC(N[C@@H](C)c1ccc(Cl)cc1)C(=O)O. The quantitative estimate of drug-likeness (QED) is 0.834. The predicted octanol–water partition coefficient (Wildman–Crippen LogP) is 2.85. The third-order valence-electron chi connectivity index (χ3n) is 2.53. The fourth-order valence-electron chi connectivity index (χ4n) is 1.51. The van der Waals surface area contributed by atoms with Crippen LogP contribution in [0.5, 0.6) is 0 Å². The van der Waals surface area contributed by atoms with Crippen molar-refractivity contribution in [3.05, 3.63) is 34.9 Å². The van der Waals surface area contributed by atoms with E-state index >= 15 is 0 Å². The fourth-order valence-corrected chi connectivity index (χ4v) is 1.64. The highest BCUT2D eigenvalue weighted by Gasteiger charge is 2.17. The van der Waals surface area contributed by atoms with Gasteiger partial charge >= 0.3 is 5.97 Å². The van der Waals surface area contributed by atoms with E-state index < -0.39 is 12.0 Å². The van der Waals surface area contributed by atoms with E-state index in [9.17, 15) is 4.79 Å². The first kappa shape index (κ1) is 13.0. The van der Waals surface area contributed by atoms with Gasteiger partial charge in [-0.2, -0.15) is 0 Å². The maximum Gasteiger partial charge on any atom is 0.320 e. The predicted molar refractivity (Wildman–Crippen MR) is 64.7 cm³/mol. The van der Waals surface area contributed by atoms with E-state index in [4.69, 9.17) is 16.7 Å². The van der Waals surface area contributed by atoms with E-state index in [0.29, 0.717) is 11.4 Å². The van der Waals surface area contributed by atoms with Crippen LogP contribution in [0.15, 0.2) is 24.3 Å². The molecule has 3 nitrogen and oxygen atoms in total. The Balaban J connectivity index is 2.67. The summed E-state index contributed by atoms with van der Waals surface area (Å²) in [6.45, 7) is 3.79. The summed E-state index contributed by atoms with van der Waals surface area (Å²) in [6.07, 6.45) is 0.563. The minimum Gasteiger partial charge on any atom is -0.480 e. The number of carbonyl (C=O) groups is 1. The molecule has 0 spiro atoms. The monoisotopic (exact) mass is 241 g/mol. The van der Waals surface area contributed by atoms with Crippen molar-refractivity contribution < 1.29 is 9.90 Å². The van der Waals surface area contributed by atoms with Crippen LogP contribution in [0.3, 0.4) is 0 Å². The molecule has 1 unspecified atom stereocenters. The number of aliphatic carboxylic acids is 1. The van der Waals surface area contributed by atoms with Crippen LogP contribution in [0.25, 0.3) is 0 Å². The molecule has 1 aromatic rings. The number of carboxylic acids is 1. The molecule has 0 aliphatic carbocycles. The average molecular weight is 242 g/mol. The van der Waals surface area contributed by atoms with E-state index in [2.05, 4.69) is 5.32 Å². The summed E-state index contributed by atoms with van der Waals surface area (Å²) in [6, 6.07) is 6.89. The Morgan fingerprint density at radius 3 is 2.44 bits per heavy atom. The maximum atomic E-state index is 10.9. The molecule has 2 N–H and O–H groups in total. The molecule has 2 atom stereocenters. The largest absolute Gasteiger partial charge is 0.480 e. The molecule has 4 heteroatoms. The van der Waals surface area contributed by atoms with Crippen molar-refractivity contribution in [2.75, 3.05) is 0 Å². The van der Waals surface area contributed by atoms with Crippen molar-refractivity contribution in [3.8, 4) is 0 Å². The third-order valence-corrected chi connectivity index (χ3v) is 2.78. The summed E-state index contributed by atoms with van der Waals surface area (Å²) < 4.78 is 0. The van der Waals surface area contributed by atoms with Crippen LogP contribution >= 0.6 is 11.6 Å². The lowest BCUT2D eigenvalue weighted by molar-refractivity contribution is -0.139. The minimum absolute atomic E-state index is 0.00156. The summed E-state index contributed by atoms with van der Waals surface area (Å²) in [5, 5.41) is 12.7. The highest BCUT2D eigenvalue weighted by molar-refractivity contribution is 6.30. The zero-order valence-corrected chi connectivity index (χ0v) is 10.2. The topological polar surface area (TPSA) is 49.3 Å². The minimum atomic E-state index is -0.816. The van der Waals surface area contributed by atoms with Crippen LogP contribution in [-0.4, -0.2) is 17.1 Å². The van der Waals surface area contributed by atoms with Crippen LogP contribution in [0.2, 0.25) is 5.02 Å². The van der Waals surface area contributed by atoms with E-state index in [-0.39, 0.29) is 6.04 Å². The molecule has 0 aromatic heterocycles. The zero-order valence-electron chi connectivity index (χ0n) is 9.40. The number of nitrogens with one attached hydrogen (secondary N) is 1. The van der Waals surface area contributed by atoms with Gasteiger partial charge in [0, 0.05) is 11.1 Å². The van der Waals surface area contributed by atoms with Crippen LogP contribution in [0.4, 0.5) is 0 Å². The molecule has 0 radical (unpaired) electrons. The Labute approximate surface area is 100 Å². The molecular weight excluding hydrogens is 226 g/mol. The second-order valence-electron chi connectivity index (χ2n) is 3.74. The first-order valence-corrected chi connectivity index (χ1v) is 5.66. The molecule has 0 amide bonds. The summed E-state index contributed by atoms with van der Waals surface area (Å²) in [7, 11) is 0. The van der Waals surface area contributed by atoms with Crippen LogP contribution in [0.1, 0.15) is 31.9 Å². The molecule has 0 fully saturated rings. The van der Waals surface area contributed by atoms with Crippen molar-refractivity contribution in [1.29, 1.82) is 0 Å². The lowest BCUT2D eigenvalue weighted by Crippen LogP contribution is -2.37. The first-order valence-electron chi connectivity index (χ1n) is 5.29. The van der Waals surface area contributed by atoms with Gasteiger partial charge in [-0.3, -0.25) is 10.1 Å². The Bertz CT molecular complexity index is 351. The van der Waals surface area contributed by atoms with Gasteiger partial charge in [0.25, 0.3) is 0 Å². The van der Waals surface area contributed by atoms with Gasteiger partial charge in [0.05, 0.1) is 0 Å². The molecule has 0 saturated carbocycles. The molecule has 88 valence electrons. The van der Waals surface area contributed by atoms with E-state index in [1.54, 1.807) is 12.1 Å². The summed E-state index contributed by atoms with van der Waals surface area (Å²) >= 11 is 5.79. The van der Waals surface area contributed by atoms with E-state index in [0.717, 1.165) is 5.56 Å². The van der Waals surface area contributed by atoms with Crippen molar-refractivity contribution >= 4 is 17.6 Å². The standard InChI is InChI=1S/C12H16ClNO2/c1-3-11(12(15)16)14-8(2)9-4-6-10(13)7-5-9/h4-8,11,14H,3H2,1-2H3,(H,15,16)/t8-,11?/m0/s1. The first-order chi connectivity index (χ1) is 7.54. The van der Waals surface area contributed by atoms with E-state index in [1.807, 2.05) is 26.0 Å². The molecule has 0 bridgehead atoms. The maximum absolute atomic E-state index is 10.9. The average Bonchev–Trinajstić information content (AvgIpc) is 2.26.